The quantitative estimate of drug-likeness (QED) is 0.590. The van der Waals surface area contributed by atoms with Gasteiger partial charge in [-0.15, -0.1) is 0 Å². The summed E-state index contributed by atoms with van der Waals surface area (Å²) in [5.74, 6) is -4.22. The predicted octanol–water partition coefficient (Wildman–Crippen LogP) is 3.71. The van der Waals surface area contributed by atoms with Crippen LogP contribution in [0.5, 0.6) is 5.75 Å². The summed E-state index contributed by atoms with van der Waals surface area (Å²) in [5.41, 5.74) is -0.957. The number of benzene rings is 2. The maximum atomic E-state index is 14.9. The van der Waals surface area contributed by atoms with Crippen LogP contribution in [0.2, 0.25) is 0 Å². The number of hydrogen-bond donors (Lipinski definition) is 0. The fraction of sp³-hybridized carbons (Fsp3) is 0.190. The van der Waals surface area contributed by atoms with E-state index < -0.39 is 23.6 Å². The second kappa shape index (κ2) is 8.32. The minimum atomic E-state index is -1.24. The molecule has 2 aromatic carbocycles. The molecular formula is C21H18F2N2O5. The Balaban J connectivity index is 2.44. The Morgan fingerprint density at radius 2 is 1.60 bits per heavy atom. The van der Waals surface area contributed by atoms with Crippen LogP contribution < -0.4 is 4.74 Å². The summed E-state index contributed by atoms with van der Waals surface area (Å²) in [4.78, 5) is 25.1. The number of para-hydroxylation sites is 1. The van der Waals surface area contributed by atoms with E-state index in [1.54, 1.807) is 30.3 Å². The molecule has 30 heavy (non-hydrogen) atoms. The average molecular weight is 416 g/mol. The van der Waals surface area contributed by atoms with Crippen LogP contribution in [0.15, 0.2) is 36.4 Å². The third kappa shape index (κ3) is 3.38. The van der Waals surface area contributed by atoms with Gasteiger partial charge in [0.05, 0.1) is 27.0 Å². The lowest BCUT2D eigenvalue weighted by Crippen LogP contribution is -2.15. The molecule has 0 amide bonds. The van der Waals surface area contributed by atoms with Crippen LogP contribution in [0.4, 0.5) is 8.78 Å². The summed E-state index contributed by atoms with van der Waals surface area (Å²) in [6.45, 7) is 1.35. The Kier molecular flexibility index (Phi) is 5.81. The third-order valence-corrected chi connectivity index (χ3v) is 4.53. The van der Waals surface area contributed by atoms with Gasteiger partial charge < -0.3 is 14.2 Å². The molecule has 9 heteroatoms. The van der Waals surface area contributed by atoms with Crippen LogP contribution in [-0.2, 0) is 9.47 Å². The highest BCUT2D eigenvalue weighted by Crippen LogP contribution is 2.36. The lowest BCUT2D eigenvalue weighted by Gasteiger charge is -2.10. The van der Waals surface area contributed by atoms with E-state index >= 15 is 0 Å². The molecule has 3 rings (SSSR count). The highest BCUT2D eigenvalue weighted by molar-refractivity contribution is 6.07. The molecular weight excluding hydrogens is 398 g/mol. The van der Waals surface area contributed by atoms with Gasteiger partial charge in [0.15, 0.2) is 17.3 Å². The fourth-order valence-corrected chi connectivity index (χ4v) is 3.02. The molecule has 0 saturated carbocycles. The number of rotatable bonds is 5. The molecule has 0 aliphatic heterocycles. The van der Waals surface area contributed by atoms with Gasteiger partial charge in [-0.3, -0.25) is 0 Å². The number of halogens is 2. The number of methoxy groups -OCH3 is 3. The zero-order chi connectivity index (χ0) is 22.0. The first-order chi connectivity index (χ1) is 14.3. The highest BCUT2D eigenvalue weighted by Gasteiger charge is 2.33. The Morgan fingerprint density at radius 3 is 2.17 bits per heavy atom. The van der Waals surface area contributed by atoms with Crippen LogP contribution in [0.3, 0.4) is 0 Å². The predicted molar refractivity (Wildman–Crippen MR) is 103 cm³/mol. The van der Waals surface area contributed by atoms with Crippen LogP contribution in [0.25, 0.3) is 16.9 Å². The molecule has 0 atom stereocenters. The van der Waals surface area contributed by atoms with E-state index in [4.69, 9.17) is 14.2 Å². The van der Waals surface area contributed by atoms with Crippen molar-refractivity contribution < 1.29 is 32.6 Å². The molecule has 0 fully saturated rings. The summed E-state index contributed by atoms with van der Waals surface area (Å²) in [6.07, 6.45) is 0. The van der Waals surface area contributed by atoms with Gasteiger partial charge in [-0.05, 0) is 25.1 Å². The van der Waals surface area contributed by atoms with Crippen molar-refractivity contribution >= 4 is 11.9 Å². The molecule has 0 aliphatic carbocycles. The first kappa shape index (κ1) is 21.0. The van der Waals surface area contributed by atoms with Gasteiger partial charge in [0.25, 0.3) is 0 Å². The average Bonchev–Trinajstić information content (AvgIpc) is 3.17. The molecule has 156 valence electrons. The van der Waals surface area contributed by atoms with Crippen molar-refractivity contribution in [2.45, 2.75) is 6.92 Å². The molecule has 0 spiro atoms. The molecule has 0 radical (unpaired) electrons. The van der Waals surface area contributed by atoms with Crippen molar-refractivity contribution in [3.8, 4) is 22.7 Å². The SMILES string of the molecule is COC(=O)c1c(-c2cc(OC)c(C)c(F)c2F)nn(-c2ccccc2)c1C(=O)OC. The van der Waals surface area contributed by atoms with E-state index in [1.807, 2.05) is 0 Å². The molecule has 1 aromatic heterocycles. The van der Waals surface area contributed by atoms with E-state index in [2.05, 4.69) is 5.10 Å². The highest BCUT2D eigenvalue weighted by atomic mass is 19.2. The van der Waals surface area contributed by atoms with Crippen molar-refractivity contribution in [2.75, 3.05) is 21.3 Å². The Morgan fingerprint density at radius 1 is 0.967 bits per heavy atom. The first-order valence-electron chi connectivity index (χ1n) is 8.73. The standard InChI is InChI=1S/C21H18F2N2O5/c1-11-14(28-2)10-13(17(23)16(11)22)18-15(20(26)29-3)19(21(27)30-4)25(24-18)12-8-6-5-7-9-12/h5-10H,1-4H3. The number of carbonyl (C=O) groups excluding carboxylic acids is 2. The Hall–Kier alpha value is -3.75. The number of nitrogens with zero attached hydrogens (tertiary/aromatic N) is 2. The van der Waals surface area contributed by atoms with Gasteiger partial charge in [0.1, 0.15) is 17.0 Å². The summed E-state index contributed by atoms with van der Waals surface area (Å²) >= 11 is 0. The van der Waals surface area contributed by atoms with E-state index in [0.717, 1.165) is 18.9 Å². The lowest BCUT2D eigenvalue weighted by atomic mass is 10.0. The summed E-state index contributed by atoms with van der Waals surface area (Å²) in [7, 11) is 3.52. The van der Waals surface area contributed by atoms with Crippen LogP contribution in [0, 0.1) is 18.6 Å². The van der Waals surface area contributed by atoms with Gasteiger partial charge in [0, 0.05) is 11.1 Å². The van der Waals surface area contributed by atoms with Gasteiger partial charge in [-0.25, -0.2) is 23.1 Å². The normalized spacial score (nSPS) is 10.6. The molecule has 7 nitrogen and oxygen atoms in total. The van der Waals surface area contributed by atoms with Crippen molar-refractivity contribution in [3.05, 3.63) is 64.9 Å². The van der Waals surface area contributed by atoms with Crippen molar-refractivity contribution in [1.82, 2.24) is 9.78 Å². The number of esters is 2. The van der Waals surface area contributed by atoms with Gasteiger partial charge in [-0.1, -0.05) is 18.2 Å². The zero-order valence-electron chi connectivity index (χ0n) is 16.7. The molecule has 3 aromatic rings. The number of carbonyl (C=O) groups is 2. The lowest BCUT2D eigenvalue weighted by molar-refractivity contribution is 0.0549. The molecule has 0 unspecified atom stereocenters. The minimum absolute atomic E-state index is 0.0472. The molecule has 1 heterocycles. The number of aromatic nitrogens is 2. The minimum Gasteiger partial charge on any atom is -0.496 e. The van der Waals surface area contributed by atoms with Crippen molar-refractivity contribution in [2.24, 2.45) is 0 Å². The van der Waals surface area contributed by atoms with Crippen molar-refractivity contribution in [1.29, 1.82) is 0 Å². The number of hydrogen-bond acceptors (Lipinski definition) is 6. The van der Waals surface area contributed by atoms with Crippen molar-refractivity contribution in [3.63, 3.8) is 0 Å². The second-order valence-electron chi connectivity index (χ2n) is 6.18. The van der Waals surface area contributed by atoms with Crippen LogP contribution >= 0.6 is 0 Å². The maximum Gasteiger partial charge on any atom is 0.357 e. The van der Waals surface area contributed by atoms with E-state index in [-0.39, 0.29) is 33.8 Å². The monoisotopic (exact) mass is 416 g/mol. The Bertz CT molecular complexity index is 1130. The first-order valence-corrected chi connectivity index (χ1v) is 8.73. The second-order valence-corrected chi connectivity index (χ2v) is 6.18. The largest absolute Gasteiger partial charge is 0.496 e. The molecule has 0 saturated heterocycles. The number of ether oxygens (including phenoxy) is 3. The topological polar surface area (TPSA) is 79.7 Å². The van der Waals surface area contributed by atoms with Gasteiger partial charge in [-0.2, -0.15) is 5.10 Å². The third-order valence-electron chi connectivity index (χ3n) is 4.53. The van der Waals surface area contributed by atoms with E-state index in [9.17, 15) is 18.4 Å². The van der Waals surface area contributed by atoms with Gasteiger partial charge >= 0.3 is 11.9 Å². The summed E-state index contributed by atoms with van der Waals surface area (Å²) < 4.78 is 45.2. The fourth-order valence-electron chi connectivity index (χ4n) is 3.02. The van der Waals surface area contributed by atoms with Crippen LogP contribution in [-0.4, -0.2) is 43.0 Å². The van der Waals surface area contributed by atoms with E-state index in [0.29, 0.717) is 5.69 Å². The van der Waals surface area contributed by atoms with E-state index in [1.165, 1.54) is 20.1 Å². The maximum absolute atomic E-state index is 14.9. The molecule has 0 aliphatic rings. The summed E-state index contributed by atoms with van der Waals surface area (Å²) in [6, 6.07) is 9.56. The summed E-state index contributed by atoms with van der Waals surface area (Å²) in [5, 5.41) is 4.25. The zero-order valence-corrected chi connectivity index (χ0v) is 16.7. The molecule has 0 N–H and O–H groups in total. The Labute approximate surface area is 170 Å². The smallest absolute Gasteiger partial charge is 0.357 e. The van der Waals surface area contributed by atoms with Gasteiger partial charge in [0.2, 0.25) is 0 Å². The molecule has 0 bridgehead atoms. The van der Waals surface area contributed by atoms with Crippen LogP contribution in [0.1, 0.15) is 26.4 Å².